The molecular formula is C25H23F2N5O. The van der Waals surface area contributed by atoms with E-state index in [1.165, 1.54) is 18.9 Å². The second-order valence-corrected chi connectivity index (χ2v) is 7.97. The molecule has 1 saturated heterocycles. The Morgan fingerprint density at radius 2 is 1.85 bits per heavy atom. The summed E-state index contributed by atoms with van der Waals surface area (Å²) in [6, 6.07) is 12.9. The van der Waals surface area contributed by atoms with Gasteiger partial charge in [-0.3, -0.25) is 9.88 Å². The molecule has 2 aromatic carbocycles. The standard InChI is InChI=1S/C25H23F2N5O/c26-21-7-5-18(14-22(21)27)29-25-20-15-19(33-13-12-32-10-1-2-11-32)6-8-23(20)30-24(31-25)17-4-3-9-28-16-17/h3-9,14-16H,1-2,10-13H2,(H,29,30,31). The summed E-state index contributed by atoms with van der Waals surface area (Å²) in [5.74, 6) is -0.194. The Morgan fingerprint density at radius 1 is 0.970 bits per heavy atom. The number of halogens is 2. The Bertz CT molecular complexity index is 1260. The first-order valence-corrected chi connectivity index (χ1v) is 11.0. The Labute approximate surface area is 190 Å². The van der Waals surface area contributed by atoms with Gasteiger partial charge in [0.1, 0.15) is 18.2 Å². The molecule has 3 heterocycles. The molecule has 0 saturated carbocycles. The number of nitrogens with zero attached hydrogens (tertiary/aromatic N) is 4. The SMILES string of the molecule is Fc1ccc(Nc2nc(-c3cccnc3)nc3ccc(OCCN4CCCC4)cc23)cc1F. The molecule has 33 heavy (non-hydrogen) atoms. The van der Waals surface area contributed by atoms with E-state index in [-0.39, 0.29) is 0 Å². The van der Waals surface area contributed by atoms with Gasteiger partial charge in [-0.05, 0) is 68.4 Å². The van der Waals surface area contributed by atoms with Gasteiger partial charge < -0.3 is 10.1 Å². The third-order valence-electron chi connectivity index (χ3n) is 5.64. The van der Waals surface area contributed by atoms with Crippen LogP contribution in [0.5, 0.6) is 5.75 Å². The number of aromatic nitrogens is 3. The number of rotatable bonds is 7. The first-order valence-electron chi connectivity index (χ1n) is 11.0. The highest BCUT2D eigenvalue weighted by Crippen LogP contribution is 2.30. The Balaban J connectivity index is 1.48. The second-order valence-electron chi connectivity index (χ2n) is 7.97. The highest BCUT2D eigenvalue weighted by atomic mass is 19.2. The lowest BCUT2D eigenvalue weighted by molar-refractivity contribution is 0.238. The molecule has 6 nitrogen and oxygen atoms in total. The Morgan fingerprint density at radius 3 is 2.64 bits per heavy atom. The lowest BCUT2D eigenvalue weighted by atomic mass is 10.2. The van der Waals surface area contributed by atoms with Gasteiger partial charge in [-0.15, -0.1) is 0 Å². The summed E-state index contributed by atoms with van der Waals surface area (Å²) in [6.45, 7) is 3.71. The molecule has 1 aliphatic rings. The average molecular weight is 447 g/mol. The first-order chi connectivity index (χ1) is 16.2. The zero-order valence-electron chi connectivity index (χ0n) is 18.0. The number of pyridine rings is 1. The van der Waals surface area contributed by atoms with Crippen LogP contribution in [-0.2, 0) is 0 Å². The maximum Gasteiger partial charge on any atom is 0.163 e. The van der Waals surface area contributed by atoms with Gasteiger partial charge in [0.05, 0.1) is 5.52 Å². The van der Waals surface area contributed by atoms with Crippen molar-refractivity contribution in [3.8, 4) is 17.1 Å². The number of benzene rings is 2. The zero-order valence-corrected chi connectivity index (χ0v) is 18.0. The number of likely N-dealkylation sites (tertiary alicyclic amines) is 1. The van der Waals surface area contributed by atoms with Crippen LogP contribution in [0.15, 0.2) is 60.9 Å². The van der Waals surface area contributed by atoms with Gasteiger partial charge in [-0.2, -0.15) is 0 Å². The van der Waals surface area contributed by atoms with Gasteiger partial charge in [0, 0.05) is 41.6 Å². The number of hydrogen-bond donors (Lipinski definition) is 1. The average Bonchev–Trinajstić information content (AvgIpc) is 3.36. The van der Waals surface area contributed by atoms with Crippen molar-refractivity contribution in [2.24, 2.45) is 0 Å². The van der Waals surface area contributed by atoms with Gasteiger partial charge in [0.2, 0.25) is 0 Å². The minimum atomic E-state index is -0.934. The topological polar surface area (TPSA) is 63.2 Å². The molecule has 1 aliphatic heterocycles. The van der Waals surface area contributed by atoms with Gasteiger partial charge in [-0.1, -0.05) is 0 Å². The van der Waals surface area contributed by atoms with Crippen LogP contribution in [0.3, 0.4) is 0 Å². The molecule has 5 rings (SSSR count). The molecule has 0 spiro atoms. The van der Waals surface area contributed by atoms with Crippen molar-refractivity contribution in [2.45, 2.75) is 12.8 Å². The minimum Gasteiger partial charge on any atom is -0.492 e. The lowest BCUT2D eigenvalue weighted by Crippen LogP contribution is -2.25. The second kappa shape index (κ2) is 9.46. The summed E-state index contributed by atoms with van der Waals surface area (Å²) in [5, 5.41) is 3.83. The van der Waals surface area contributed by atoms with E-state index in [4.69, 9.17) is 4.74 Å². The molecule has 8 heteroatoms. The molecule has 4 aromatic rings. The van der Waals surface area contributed by atoms with Crippen molar-refractivity contribution < 1.29 is 13.5 Å². The van der Waals surface area contributed by atoms with Crippen molar-refractivity contribution in [1.82, 2.24) is 19.9 Å². The number of hydrogen-bond acceptors (Lipinski definition) is 6. The Kier molecular flexibility index (Phi) is 6.08. The van der Waals surface area contributed by atoms with E-state index in [0.717, 1.165) is 37.3 Å². The fourth-order valence-electron chi connectivity index (χ4n) is 3.93. The van der Waals surface area contributed by atoms with Crippen LogP contribution >= 0.6 is 0 Å². The summed E-state index contributed by atoms with van der Waals surface area (Å²) >= 11 is 0. The molecule has 0 bridgehead atoms. The largest absolute Gasteiger partial charge is 0.492 e. The summed E-state index contributed by atoms with van der Waals surface area (Å²) in [7, 11) is 0. The highest BCUT2D eigenvalue weighted by Gasteiger charge is 2.14. The predicted octanol–water partition coefficient (Wildman–Crippen LogP) is 5.19. The molecule has 2 aromatic heterocycles. The van der Waals surface area contributed by atoms with E-state index in [9.17, 15) is 8.78 Å². The molecule has 0 unspecified atom stereocenters. The summed E-state index contributed by atoms with van der Waals surface area (Å²) in [6.07, 6.45) is 5.84. The number of anilines is 2. The normalized spacial score (nSPS) is 14.0. The fraction of sp³-hybridized carbons (Fsp3) is 0.240. The van der Waals surface area contributed by atoms with Crippen LogP contribution in [0.4, 0.5) is 20.3 Å². The molecule has 0 amide bonds. The highest BCUT2D eigenvalue weighted by molar-refractivity contribution is 5.93. The van der Waals surface area contributed by atoms with Crippen molar-refractivity contribution >= 4 is 22.4 Å². The van der Waals surface area contributed by atoms with Crippen LogP contribution in [0.1, 0.15) is 12.8 Å². The van der Waals surface area contributed by atoms with E-state index in [2.05, 4.69) is 25.2 Å². The quantitative estimate of drug-likeness (QED) is 0.421. The van der Waals surface area contributed by atoms with Gasteiger partial charge in [-0.25, -0.2) is 18.7 Å². The van der Waals surface area contributed by atoms with E-state index >= 15 is 0 Å². The fourth-order valence-corrected chi connectivity index (χ4v) is 3.93. The summed E-state index contributed by atoms with van der Waals surface area (Å²) in [4.78, 5) is 15.9. The smallest absolute Gasteiger partial charge is 0.163 e. The van der Waals surface area contributed by atoms with Crippen molar-refractivity contribution in [1.29, 1.82) is 0 Å². The lowest BCUT2D eigenvalue weighted by Gasteiger charge is -2.16. The van der Waals surface area contributed by atoms with E-state index < -0.39 is 11.6 Å². The number of ether oxygens (including phenoxy) is 1. The Hall–Kier alpha value is -3.65. The summed E-state index contributed by atoms with van der Waals surface area (Å²) in [5.41, 5.74) is 1.82. The molecule has 1 N–H and O–H groups in total. The number of fused-ring (bicyclic) bond motifs is 1. The first kappa shape index (κ1) is 21.2. The van der Waals surface area contributed by atoms with E-state index in [1.807, 2.05) is 30.3 Å². The van der Waals surface area contributed by atoms with Crippen molar-refractivity contribution in [3.05, 3.63) is 72.6 Å². The van der Waals surface area contributed by atoms with Crippen LogP contribution in [0, 0.1) is 11.6 Å². The molecule has 0 aliphatic carbocycles. The van der Waals surface area contributed by atoms with Gasteiger partial charge >= 0.3 is 0 Å². The summed E-state index contributed by atoms with van der Waals surface area (Å²) < 4.78 is 33.2. The van der Waals surface area contributed by atoms with Gasteiger partial charge in [0.25, 0.3) is 0 Å². The van der Waals surface area contributed by atoms with E-state index in [0.29, 0.717) is 40.6 Å². The molecule has 0 atom stereocenters. The maximum atomic E-state index is 13.8. The molecule has 168 valence electrons. The molecule has 0 radical (unpaired) electrons. The number of nitrogens with one attached hydrogen (secondary N) is 1. The van der Waals surface area contributed by atoms with Crippen LogP contribution in [-0.4, -0.2) is 46.1 Å². The van der Waals surface area contributed by atoms with Crippen LogP contribution < -0.4 is 10.1 Å². The third-order valence-corrected chi connectivity index (χ3v) is 5.64. The molecule has 1 fully saturated rings. The molecular weight excluding hydrogens is 424 g/mol. The van der Waals surface area contributed by atoms with E-state index in [1.54, 1.807) is 12.4 Å². The van der Waals surface area contributed by atoms with Crippen molar-refractivity contribution in [3.63, 3.8) is 0 Å². The monoisotopic (exact) mass is 447 g/mol. The zero-order chi connectivity index (χ0) is 22.6. The third kappa shape index (κ3) is 4.90. The van der Waals surface area contributed by atoms with Crippen molar-refractivity contribution in [2.75, 3.05) is 31.6 Å². The van der Waals surface area contributed by atoms with Crippen LogP contribution in [0.25, 0.3) is 22.3 Å². The van der Waals surface area contributed by atoms with Gasteiger partial charge in [0.15, 0.2) is 17.5 Å². The maximum absolute atomic E-state index is 13.8. The van der Waals surface area contributed by atoms with Crippen LogP contribution in [0.2, 0.25) is 0 Å². The minimum absolute atomic E-state index is 0.381. The predicted molar refractivity (Wildman–Crippen MR) is 124 cm³/mol.